The molecular weight excluding hydrogens is 254 g/mol. The Morgan fingerprint density at radius 2 is 1.95 bits per heavy atom. The van der Waals surface area contributed by atoms with Gasteiger partial charge in [-0.05, 0) is 32.0 Å². The van der Waals surface area contributed by atoms with Gasteiger partial charge in [0.15, 0.2) is 5.78 Å². The zero-order valence-electron chi connectivity index (χ0n) is 12.7. The largest absolute Gasteiger partial charge is 0.487 e. The second-order valence-electron chi connectivity index (χ2n) is 6.88. The number of nitrogens with one attached hydrogen (secondary N) is 1. The van der Waals surface area contributed by atoms with Crippen LogP contribution in [0.4, 0.5) is 5.69 Å². The van der Waals surface area contributed by atoms with Crippen LogP contribution in [0.15, 0.2) is 18.2 Å². The summed E-state index contributed by atoms with van der Waals surface area (Å²) in [5.74, 6) is 0.546. The van der Waals surface area contributed by atoms with Crippen molar-refractivity contribution in [3.63, 3.8) is 0 Å². The molecule has 0 atom stereocenters. The van der Waals surface area contributed by atoms with E-state index < -0.39 is 11.0 Å². The maximum atomic E-state index is 12.1. The minimum Gasteiger partial charge on any atom is -0.487 e. The quantitative estimate of drug-likeness (QED) is 0.854. The van der Waals surface area contributed by atoms with Gasteiger partial charge in [-0.1, -0.05) is 20.8 Å². The van der Waals surface area contributed by atoms with Crippen LogP contribution in [-0.4, -0.2) is 17.3 Å². The molecule has 0 radical (unpaired) electrons. The molecule has 0 saturated heterocycles. The molecule has 108 valence electrons. The van der Waals surface area contributed by atoms with Crippen molar-refractivity contribution in [2.75, 3.05) is 5.32 Å². The summed E-state index contributed by atoms with van der Waals surface area (Å²) in [4.78, 5) is 24.1. The lowest BCUT2D eigenvalue weighted by atomic mass is 9.92. The van der Waals surface area contributed by atoms with Gasteiger partial charge in [0.1, 0.15) is 11.4 Å². The predicted octanol–water partition coefficient (Wildman–Crippen LogP) is 3.42. The third-order valence-electron chi connectivity index (χ3n) is 3.19. The molecule has 0 spiro atoms. The van der Waals surface area contributed by atoms with E-state index in [-0.39, 0.29) is 11.7 Å². The molecule has 1 aliphatic rings. The van der Waals surface area contributed by atoms with Gasteiger partial charge in [0, 0.05) is 11.1 Å². The van der Waals surface area contributed by atoms with E-state index in [2.05, 4.69) is 5.32 Å². The topological polar surface area (TPSA) is 55.4 Å². The Morgan fingerprint density at radius 3 is 2.55 bits per heavy atom. The second kappa shape index (κ2) is 4.62. The summed E-state index contributed by atoms with van der Waals surface area (Å²) in [5, 5.41) is 2.83. The Labute approximate surface area is 119 Å². The summed E-state index contributed by atoms with van der Waals surface area (Å²) >= 11 is 0. The summed E-state index contributed by atoms with van der Waals surface area (Å²) in [5.41, 5.74) is 0.218. The number of Topliss-reactive ketones (excluding diaryl/α,β-unsaturated/α-hetero) is 1. The van der Waals surface area contributed by atoms with E-state index >= 15 is 0 Å². The Hall–Kier alpha value is -1.84. The van der Waals surface area contributed by atoms with Crippen LogP contribution >= 0.6 is 0 Å². The summed E-state index contributed by atoms with van der Waals surface area (Å²) < 4.78 is 5.78. The van der Waals surface area contributed by atoms with Crippen LogP contribution in [0.2, 0.25) is 0 Å². The molecule has 0 aromatic heterocycles. The number of fused-ring (bicyclic) bond motifs is 1. The van der Waals surface area contributed by atoms with E-state index in [4.69, 9.17) is 4.74 Å². The lowest BCUT2D eigenvalue weighted by Gasteiger charge is -2.31. The van der Waals surface area contributed by atoms with E-state index in [0.717, 1.165) is 0 Å². The number of carbonyl (C=O) groups excluding carboxylic acids is 2. The Bertz CT molecular complexity index is 568. The van der Waals surface area contributed by atoms with Gasteiger partial charge in [-0.3, -0.25) is 9.59 Å². The number of amides is 1. The van der Waals surface area contributed by atoms with E-state index in [1.54, 1.807) is 18.2 Å². The van der Waals surface area contributed by atoms with E-state index in [1.165, 1.54) is 0 Å². The number of anilines is 1. The zero-order valence-corrected chi connectivity index (χ0v) is 12.7. The first-order chi connectivity index (χ1) is 9.08. The van der Waals surface area contributed by atoms with Crippen molar-refractivity contribution >= 4 is 17.4 Å². The molecule has 1 aromatic carbocycles. The van der Waals surface area contributed by atoms with E-state index in [9.17, 15) is 9.59 Å². The highest BCUT2D eigenvalue weighted by Crippen LogP contribution is 2.34. The second-order valence-corrected chi connectivity index (χ2v) is 6.88. The molecule has 1 aromatic rings. The van der Waals surface area contributed by atoms with E-state index in [0.29, 0.717) is 23.4 Å². The van der Waals surface area contributed by atoms with Crippen molar-refractivity contribution in [3.05, 3.63) is 23.8 Å². The van der Waals surface area contributed by atoms with Crippen molar-refractivity contribution in [2.24, 2.45) is 5.41 Å². The molecule has 4 nitrogen and oxygen atoms in total. The number of carbonyl (C=O) groups is 2. The monoisotopic (exact) mass is 275 g/mol. The van der Waals surface area contributed by atoms with Crippen molar-refractivity contribution in [1.29, 1.82) is 0 Å². The van der Waals surface area contributed by atoms with E-state index in [1.807, 2.05) is 34.6 Å². The van der Waals surface area contributed by atoms with Crippen molar-refractivity contribution in [1.82, 2.24) is 0 Å². The van der Waals surface area contributed by atoms with Gasteiger partial charge in [0.05, 0.1) is 12.0 Å². The molecular formula is C16H21NO3. The molecule has 20 heavy (non-hydrogen) atoms. The third kappa shape index (κ3) is 3.00. The smallest absolute Gasteiger partial charge is 0.229 e. The minimum absolute atomic E-state index is 0.0445. The number of hydrogen-bond acceptors (Lipinski definition) is 3. The van der Waals surface area contributed by atoms with Gasteiger partial charge in [0.25, 0.3) is 0 Å². The molecule has 0 fully saturated rings. The maximum Gasteiger partial charge on any atom is 0.229 e. The summed E-state index contributed by atoms with van der Waals surface area (Å²) in [6.45, 7) is 9.32. The first kappa shape index (κ1) is 14.6. The standard InChI is InChI=1S/C16H21NO3/c1-15(2,3)14(19)17-10-6-7-13-11(8-10)12(18)9-16(4,5)20-13/h6-8H,9H2,1-5H3,(H,17,19). The molecule has 1 aliphatic heterocycles. The van der Waals surface area contributed by atoms with Gasteiger partial charge >= 0.3 is 0 Å². The molecule has 0 bridgehead atoms. The van der Waals surface area contributed by atoms with Gasteiger partial charge in [-0.15, -0.1) is 0 Å². The molecule has 0 aliphatic carbocycles. The number of rotatable bonds is 1. The van der Waals surface area contributed by atoms with Crippen LogP contribution in [0, 0.1) is 5.41 Å². The molecule has 1 N–H and O–H groups in total. The van der Waals surface area contributed by atoms with Crippen LogP contribution in [0.1, 0.15) is 51.4 Å². The SMILES string of the molecule is CC1(C)CC(=O)c2cc(NC(=O)C(C)(C)C)ccc2O1. The molecule has 0 saturated carbocycles. The average molecular weight is 275 g/mol. The fourth-order valence-electron chi connectivity index (χ4n) is 2.05. The summed E-state index contributed by atoms with van der Waals surface area (Å²) in [6, 6.07) is 5.19. The Morgan fingerprint density at radius 1 is 1.30 bits per heavy atom. The summed E-state index contributed by atoms with van der Waals surface area (Å²) in [6.07, 6.45) is 0.344. The fourth-order valence-corrected chi connectivity index (χ4v) is 2.05. The van der Waals surface area contributed by atoms with Crippen LogP contribution < -0.4 is 10.1 Å². The summed E-state index contributed by atoms with van der Waals surface area (Å²) in [7, 11) is 0. The van der Waals surface area contributed by atoms with Crippen LogP contribution in [0.3, 0.4) is 0 Å². The lowest BCUT2D eigenvalue weighted by Crippen LogP contribution is -2.36. The highest BCUT2D eigenvalue weighted by Gasteiger charge is 2.32. The van der Waals surface area contributed by atoms with Crippen molar-refractivity contribution in [3.8, 4) is 5.75 Å². The number of ether oxygens (including phenoxy) is 1. The maximum absolute atomic E-state index is 12.1. The number of ketones is 1. The van der Waals surface area contributed by atoms with Crippen LogP contribution in [0.25, 0.3) is 0 Å². The molecule has 2 rings (SSSR count). The van der Waals surface area contributed by atoms with Crippen molar-refractivity contribution < 1.29 is 14.3 Å². The molecule has 0 unspecified atom stereocenters. The van der Waals surface area contributed by atoms with Gasteiger partial charge < -0.3 is 10.1 Å². The Kier molecular flexibility index (Phi) is 3.36. The Balaban J connectivity index is 2.27. The number of hydrogen-bond donors (Lipinski definition) is 1. The normalized spacial score (nSPS) is 17.1. The first-order valence-corrected chi connectivity index (χ1v) is 6.76. The fraction of sp³-hybridized carbons (Fsp3) is 0.500. The zero-order chi connectivity index (χ0) is 15.1. The first-order valence-electron chi connectivity index (χ1n) is 6.76. The number of benzene rings is 1. The van der Waals surface area contributed by atoms with Crippen LogP contribution in [0.5, 0.6) is 5.75 Å². The third-order valence-corrected chi connectivity index (χ3v) is 3.19. The molecule has 4 heteroatoms. The predicted molar refractivity (Wildman–Crippen MR) is 78.2 cm³/mol. The highest BCUT2D eigenvalue weighted by molar-refractivity contribution is 6.02. The van der Waals surface area contributed by atoms with Crippen molar-refractivity contribution in [2.45, 2.75) is 46.6 Å². The lowest BCUT2D eigenvalue weighted by molar-refractivity contribution is -0.123. The highest BCUT2D eigenvalue weighted by atomic mass is 16.5. The van der Waals surface area contributed by atoms with Gasteiger partial charge in [-0.25, -0.2) is 0 Å². The van der Waals surface area contributed by atoms with Gasteiger partial charge in [0.2, 0.25) is 5.91 Å². The van der Waals surface area contributed by atoms with Crippen LogP contribution in [-0.2, 0) is 4.79 Å². The molecule has 1 amide bonds. The average Bonchev–Trinajstić information content (AvgIpc) is 2.27. The minimum atomic E-state index is -0.474. The molecule has 1 heterocycles. The van der Waals surface area contributed by atoms with Gasteiger partial charge in [-0.2, -0.15) is 0 Å².